The smallest absolute Gasteiger partial charge is 0.161 e. The number of methoxy groups -OCH3 is 3. The molecule has 0 amide bonds. The molecule has 2 aliphatic rings. The molecule has 7 nitrogen and oxygen atoms in total. The van der Waals surface area contributed by atoms with Crippen LogP contribution in [0.3, 0.4) is 0 Å². The number of aliphatic hydroxyl groups is 2. The first-order valence-electron chi connectivity index (χ1n) is 10.6. The highest BCUT2D eigenvalue weighted by Crippen LogP contribution is 2.45. The predicted molar refractivity (Wildman–Crippen MR) is 116 cm³/mol. The lowest BCUT2D eigenvalue weighted by Gasteiger charge is -2.46. The second kappa shape index (κ2) is 8.94. The molecule has 1 saturated heterocycles. The lowest BCUT2D eigenvalue weighted by atomic mass is 9.81. The van der Waals surface area contributed by atoms with Gasteiger partial charge in [0.05, 0.1) is 33.5 Å². The van der Waals surface area contributed by atoms with Crippen molar-refractivity contribution in [1.29, 1.82) is 0 Å². The first-order valence-corrected chi connectivity index (χ1v) is 10.6. The molecule has 0 saturated carbocycles. The molecule has 0 radical (unpaired) electrons. The monoisotopic (exact) mass is 429 g/mol. The maximum Gasteiger partial charge on any atom is 0.161 e. The number of ether oxygens (including phenoxy) is 4. The van der Waals surface area contributed by atoms with E-state index in [2.05, 4.69) is 4.90 Å². The van der Waals surface area contributed by atoms with Crippen LogP contribution < -0.4 is 18.9 Å². The second-order valence-electron chi connectivity index (χ2n) is 8.34. The fourth-order valence-electron chi connectivity index (χ4n) is 4.60. The van der Waals surface area contributed by atoms with Crippen LogP contribution in [0.5, 0.6) is 23.0 Å². The zero-order valence-corrected chi connectivity index (χ0v) is 18.3. The molecule has 31 heavy (non-hydrogen) atoms. The average Bonchev–Trinajstić information content (AvgIpc) is 2.79. The molecule has 2 heterocycles. The highest BCUT2D eigenvalue weighted by Gasteiger charge is 2.43. The van der Waals surface area contributed by atoms with E-state index in [9.17, 15) is 10.2 Å². The van der Waals surface area contributed by atoms with Crippen molar-refractivity contribution < 1.29 is 29.2 Å². The number of piperidine rings is 1. The van der Waals surface area contributed by atoms with Gasteiger partial charge in [-0.3, -0.25) is 0 Å². The highest BCUT2D eigenvalue weighted by molar-refractivity contribution is 5.44. The molecule has 2 atom stereocenters. The molecule has 2 aromatic rings. The van der Waals surface area contributed by atoms with Crippen molar-refractivity contribution in [1.82, 2.24) is 4.90 Å². The maximum atomic E-state index is 10.8. The minimum absolute atomic E-state index is 0.385. The van der Waals surface area contributed by atoms with Crippen LogP contribution in [0.15, 0.2) is 36.4 Å². The summed E-state index contributed by atoms with van der Waals surface area (Å²) in [5.41, 5.74) is 1.23. The zero-order valence-electron chi connectivity index (χ0n) is 18.3. The fraction of sp³-hybridized carbons (Fsp3) is 0.500. The number of likely N-dealkylation sites (tertiary alicyclic amines) is 1. The number of fused-ring (bicyclic) bond motifs is 1. The summed E-state index contributed by atoms with van der Waals surface area (Å²) in [5.74, 6) is 2.68. The number of benzene rings is 2. The number of hydrogen-bond donors (Lipinski definition) is 2. The lowest BCUT2D eigenvalue weighted by molar-refractivity contribution is -0.0588. The van der Waals surface area contributed by atoms with Crippen LogP contribution in [-0.4, -0.2) is 61.7 Å². The summed E-state index contributed by atoms with van der Waals surface area (Å²) in [4.78, 5) is 2.24. The van der Waals surface area contributed by atoms with Crippen LogP contribution in [-0.2, 0) is 0 Å². The van der Waals surface area contributed by atoms with Crippen LogP contribution in [0, 0.1) is 0 Å². The third-order valence-electron chi connectivity index (χ3n) is 6.46. The third kappa shape index (κ3) is 4.44. The number of β-amino-alcohol motifs (C(OH)–C–C–N with tert-alkyl or cyclic N) is 1. The van der Waals surface area contributed by atoms with E-state index in [1.165, 1.54) is 0 Å². The summed E-state index contributed by atoms with van der Waals surface area (Å²) < 4.78 is 22.3. The Morgan fingerprint density at radius 3 is 2.45 bits per heavy atom. The first-order chi connectivity index (χ1) is 15.0. The Balaban J connectivity index is 1.39. The quantitative estimate of drug-likeness (QED) is 0.730. The van der Waals surface area contributed by atoms with Gasteiger partial charge in [0, 0.05) is 37.7 Å². The van der Waals surface area contributed by atoms with Gasteiger partial charge in [-0.2, -0.15) is 0 Å². The van der Waals surface area contributed by atoms with Crippen molar-refractivity contribution in [2.75, 3.05) is 41.0 Å². The van der Waals surface area contributed by atoms with Crippen molar-refractivity contribution in [3.63, 3.8) is 0 Å². The molecule has 2 aromatic carbocycles. The van der Waals surface area contributed by atoms with Gasteiger partial charge < -0.3 is 34.1 Å². The molecule has 7 heteroatoms. The van der Waals surface area contributed by atoms with Crippen molar-refractivity contribution in [3.8, 4) is 23.0 Å². The summed E-state index contributed by atoms with van der Waals surface area (Å²) in [6, 6.07) is 11.1. The molecule has 2 aliphatic heterocycles. The summed E-state index contributed by atoms with van der Waals surface area (Å²) in [5, 5.41) is 21.5. The van der Waals surface area contributed by atoms with E-state index >= 15 is 0 Å². The molecule has 4 rings (SSSR count). The fourth-order valence-corrected chi connectivity index (χ4v) is 4.60. The molecular weight excluding hydrogens is 398 g/mol. The van der Waals surface area contributed by atoms with Crippen molar-refractivity contribution in [3.05, 3.63) is 47.5 Å². The number of nitrogens with zero attached hydrogens (tertiary/aromatic N) is 1. The molecular formula is C24H31NO6. The van der Waals surface area contributed by atoms with Crippen molar-refractivity contribution in [2.24, 2.45) is 0 Å². The van der Waals surface area contributed by atoms with Crippen LogP contribution >= 0.6 is 0 Å². The Morgan fingerprint density at radius 2 is 1.77 bits per heavy atom. The normalized spacial score (nSPS) is 21.1. The minimum Gasteiger partial charge on any atom is -0.497 e. The summed E-state index contributed by atoms with van der Waals surface area (Å²) >= 11 is 0. The Hall–Kier alpha value is -2.48. The lowest BCUT2D eigenvalue weighted by Crippen LogP contribution is -2.51. The largest absolute Gasteiger partial charge is 0.497 e. The molecule has 0 unspecified atom stereocenters. The Bertz CT molecular complexity index is 909. The van der Waals surface area contributed by atoms with Gasteiger partial charge in [0.15, 0.2) is 11.5 Å². The minimum atomic E-state index is -0.628. The van der Waals surface area contributed by atoms with Gasteiger partial charge in [0.25, 0.3) is 0 Å². The average molecular weight is 430 g/mol. The molecule has 168 valence electrons. The second-order valence-corrected chi connectivity index (χ2v) is 8.34. The summed E-state index contributed by atoms with van der Waals surface area (Å²) in [7, 11) is 4.81. The van der Waals surface area contributed by atoms with Crippen LogP contribution in [0.4, 0.5) is 0 Å². The maximum absolute atomic E-state index is 10.8. The first kappa shape index (κ1) is 21.7. The van der Waals surface area contributed by atoms with Crippen molar-refractivity contribution >= 4 is 0 Å². The molecule has 2 N–H and O–H groups in total. The van der Waals surface area contributed by atoms with Gasteiger partial charge in [-0.25, -0.2) is 0 Å². The number of aliphatic hydroxyl groups excluding tert-OH is 2. The Morgan fingerprint density at radius 1 is 1.03 bits per heavy atom. The van der Waals surface area contributed by atoms with E-state index in [4.69, 9.17) is 18.9 Å². The zero-order chi connectivity index (χ0) is 22.0. The van der Waals surface area contributed by atoms with Crippen LogP contribution in [0.1, 0.15) is 42.6 Å². The van der Waals surface area contributed by atoms with Gasteiger partial charge in [0.1, 0.15) is 17.1 Å². The topological polar surface area (TPSA) is 80.6 Å². The van der Waals surface area contributed by atoms with E-state index in [1.807, 2.05) is 36.4 Å². The summed E-state index contributed by atoms with van der Waals surface area (Å²) in [6.45, 7) is 2.10. The molecule has 0 aromatic heterocycles. The highest BCUT2D eigenvalue weighted by atomic mass is 16.5. The molecule has 1 spiro atoms. The number of rotatable bonds is 6. The van der Waals surface area contributed by atoms with Gasteiger partial charge in [-0.05, 0) is 42.7 Å². The van der Waals surface area contributed by atoms with E-state index < -0.39 is 12.2 Å². The molecule has 0 bridgehead atoms. The Kier molecular flexibility index (Phi) is 6.27. The SMILES string of the molecule is COc1ccc2c(c1)OC1(CCN(C[C@H](O)c3ccc(OC)c(OC)c3)CC1)C[C@@H]2O. The standard InChI is InChI=1S/C24H31NO6/c1-28-17-5-6-18-19(26)14-24(31-22(18)13-17)8-10-25(11-9-24)15-20(27)16-4-7-21(29-2)23(12-16)30-3/h4-7,12-13,19-20,26-27H,8-11,14-15H2,1-3H3/t19-,20-/m0/s1. The third-order valence-corrected chi connectivity index (χ3v) is 6.46. The van der Waals surface area contributed by atoms with E-state index in [0.29, 0.717) is 30.2 Å². The van der Waals surface area contributed by atoms with Crippen LogP contribution in [0.25, 0.3) is 0 Å². The van der Waals surface area contributed by atoms with Gasteiger partial charge in [-0.1, -0.05) is 6.07 Å². The van der Waals surface area contributed by atoms with E-state index in [-0.39, 0.29) is 5.60 Å². The Labute approximate surface area is 183 Å². The van der Waals surface area contributed by atoms with Gasteiger partial charge in [0.2, 0.25) is 0 Å². The number of hydrogen-bond acceptors (Lipinski definition) is 7. The molecule has 0 aliphatic carbocycles. The van der Waals surface area contributed by atoms with Crippen LogP contribution in [0.2, 0.25) is 0 Å². The van der Waals surface area contributed by atoms with Gasteiger partial charge in [-0.15, -0.1) is 0 Å². The van der Waals surface area contributed by atoms with E-state index in [0.717, 1.165) is 42.8 Å². The molecule has 1 fully saturated rings. The van der Waals surface area contributed by atoms with Crippen molar-refractivity contribution in [2.45, 2.75) is 37.1 Å². The predicted octanol–water partition coefficient (Wildman–Crippen LogP) is 3.10. The summed E-state index contributed by atoms with van der Waals surface area (Å²) in [6.07, 6.45) is 0.993. The van der Waals surface area contributed by atoms with Gasteiger partial charge >= 0.3 is 0 Å². The van der Waals surface area contributed by atoms with E-state index in [1.54, 1.807) is 21.3 Å².